The molecule has 1 aliphatic heterocycles. The third-order valence-corrected chi connectivity index (χ3v) is 5.20. The van der Waals surface area contributed by atoms with Gasteiger partial charge in [-0.25, -0.2) is 8.78 Å². The quantitative estimate of drug-likeness (QED) is 0.843. The van der Waals surface area contributed by atoms with Gasteiger partial charge in [0.2, 0.25) is 0 Å². The first-order valence-corrected chi connectivity index (χ1v) is 8.42. The smallest absolute Gasteiger partial charge is 0.253 e. The summed E-state index contributed by atoms with van der Waals surface area (Å²) in [5.74, 6) is -3.11. The maximum absolute atomic E-state index is 13.8. The summed E-state index contributed by atoms with van der Waals surface area (Å²) in [6.07, 6.45) is 0.955. The predicted octanol–water partition coefficient (Wildman–Crippen LogP) is 4.53. The van der Waals surface area contributed by atoms with Gasteiger partial charge in [-0.1, -0.05) is 30.7 Å². The molecular weight excluding hydrogens is 341 g/mol. The Balaban J connectivity index is 0.00000192. The van der Waals surface area contributed by atoms with Gasteiger partial charge in [0.1, 0.15) is 0 Å². The molecule has 4 atom stereocenters. The molecule has 1 saturated carbocycles. The van der Waals surface area contributed by atoms with E-state index in [9.17, 15) is 8.78 Å². The molecular formula is C17H24Cl2F2N2. The van der Waals surface area contributed by atoms with Crippen LogP contribution in [-0.2, 0) is 0 Å². The lowest BCUT2D eigenvalue weighted by molar-refractivity contribution is 0.0277. The Kier molecular flexibility index (Phi) is 5.94. The van der Waals surface area contributed by atoms with Crippen molar-refractivity contribution < 1.29 is 8.78 Å². The minimum absolute atomic E-state index is 0. The zero-order chi connectivity index (χ0) is 15.9. The van der Waals surface area contributed by atoms with Crippen molar-refractivity contribution in [1.29, 1.82) is 0 Å². The number of nitrogens with zero attached hydrogens (tertiary/aromatic N) is 1. The van der Waals surface area contributed by atoms with Crippen LogP contribution in [0.25, 0.3) is 0 Å². The van der Waals surface area contributed by atoms with Crippen molar-refractivity contribution in [3.05, 3.63) is 34.9 Å². The fourth-order valence-corrected chi connectivity index (χ4v) is 3.72. The summed E-state index contributed by atoms with van der Waals surface area (Å²) in [6.45, 7) is 5.90. The first-order valence-electron chi connectivity index (χ1n) is 8.04. The van der Waals surface area contributed by atoms with Gasteiger partial charge in [-0.15, -0.1) is 12.4 Å². The number of alkyl halides is 2. The molecule has 2 nitrogen and oxygen atoms in total. The van der Waals surface area contributed by atoms with Gasteiger partial charge >= 0.3 is 0 Å². The van der Waals surface area contributed by atoms with Gasteiger partial charge in [0.25, 0.3) is 5.92 Å². The van der Waals surface area contributed by atoms with E-state index in [2.05, 4.69) is 24.1 Å². The Morgan fingerprint density at radius 1 is 1.35 bits per heavy atom. The summed E-state index contributed by atoms with van der Waals surface area (Å²) < 4.78 is 27.7. The summed E-state index contributed by atoms with van der Waals surface area (Å²) >= 11 is 5.96. The molecule has 1 aromatic rings. The molecule has 130 valence electrons. The van der Waals surface area contributed by atoms with Crippen molar-refractivity contribution in [2.45, 2.75) is 50.7 Å². The normalized spacial score (nSPS) is 31.3. The van der Waals surface area contributed by atoms with Gasteiger partial charge in [-0.05, 0) is 31.0 Å². The highest BCUT2D eigenvalue weighted by molar-refractivity contribution is 6.30. The maximum atomic E-state index is 13.8. The summed E-state index contributed by atoms with van der Waals surface area (Å²) in [5.41, 5.74) is 0.958. The number of nitrogens with one attached hydrogen (secondary N) is 1. The van der Waals surface area contributed by atoms with E-state index in [1.54, 1.807) is 12.1 Å². The van der Waals surface area contributed by atoms with Crippen LogP contribution in [0.5, 0.6) is 0 Å². The van der Waals surface area contributed by atoms with Crippen LogP contribution in [-0.4, -0.2) is 36.0 Å². The lowest BCUT2D eigenvalue weighted by Gasteiger charge is -2.44. The molecule has 1 saturated heterocycles. The second kappa shape index (κ2) is 7.22. The topological polar surface area (TPSA) is 15.3 Å². The van der Waals surface area contributed by atoms with E-state index in [1.807, 2.05) is 12.1 Å². The molecule has 2 aliphatic rings. The molecule has 2 fully saturated rings. The van der Waals surface area contributed by atoms with Crippen LogP contribution in [0.3, 0.4) is 0 Å². The standard InChI is InChI=1S/C17H23ClF2N2.ClH/c1-3-14-9-21-11(2)10-22(14)16(15-8-17(15,19)20)12-4-6-13(18)7-5-12;/h4-7,11,14-16,21H,3,8-10H2,1-2H3;1H/t11-,14+,15-,16+;/m0./s1. The summed E-state index contributed by atoms with van der Waals surface area (Å²) in [4.78, 5) is 2.29. The molecule has 1 heterocycles. The van der Waals surface area contributed by atoms with Crippen LogP contribution < -0.4 is 5.32 Å². The Morgan fingerprint density at radius 2 is 1.96 bits per heavy atom. The number of benzene rings is 1. The fraction of sp³-hybridized carbons (Fsp3) is 0.647. The molecule has 23 heavy (non-hydrogen) atoms. The zero-order valence-electron chi connectivity index (χ0n) is 13.4. The maximum Gasteiger partial charge on any atom is 0.253 e. The molecule has 0 radical (unpaired) electrons. The Bertz CT molecular complexity index is 524. The van der Waals surface area contributed by atoms with Crippen molar-refractivity contribution in [2.75, 3.05) is 13.1 Å². The molecule has 1 aromatic carbocycles. The Labute approximate surface area is 148 Å². The van der Waals surface area contributed by atoms with E-state index in [-0.39, 0.29) is 24.9 Å². The van der Waals surface area contributed by atoms with E-state index in [1.165, 1.54) is 0 Å². The van der Waals surface area contributed by atoms with Gasteiger partial charge in [0.05, 0.1) is 0 Å². The first-order chi connectivity index (χ1) is 10.4. The zero-order valence-corrected chi connectivity index (χ0v) is 15.0. The number of piperazine rings is 1. The lowest BCUT2D eigenvalue weighted by Crippen LogP contribution is -2.56. The van der Waals surface area contributed by atoms with E-state index in [0.29, 0.717) is 17.1 Å². The average Bonchev–Trinajstić information content (AvgIpc) is 3.10. The van der Waals surface area contributed by atoms with Crippen molar-refractivity contribution >= 4 is 24.0 Å². The van der Waals surface area contributed by atoms with Crippen molar-refractivity contribution in [1.82, 2.24) is 10.2 Å². The average molecular weight is 365 g/mol. The van der Waals surface area contributed by atoms with E-state index in [0.717, 1.165) is 25.1 Å². The van der Waals surface area contributed by atoms with Gasteiger partial charge < -0.3 is 5.32 Å². The third kappa shape index (κ3) is 3.98. The van der Waals surface area contributed by atoms with Crippen LogP contribution in [0.1, 0.15) is 38.3 Å². The second-order valence-corrected chi connectivity index (χ2v) is 7.07. The SMILES string of the molecule is CC[C@@H]1CN[C@@H](C)CN1[C@H](c1ccc(Cl)cc1)[C@@H]1CC1(F)F.Cl. The molecule has 6 heteroatoms. The van der Waals surface area contributed by atoms with Crippen LogP contribution in [0.4, 0.5) is 8.78 Å². The largest absolute Gasteiger partial charge is 0.311 e. The van der Waals surface area contributed by atoms with Crippen molar-refractivity contribution in [2.24, 2.45) is 5.92 Å². The van der Waals surface area contributed by atoms with Gasteiger partial charge in [0, 0.05) is 48.6 Å². The lowest BCUT2D eigenvalue weighted by atomic mass is 9.95. The van der Waals surface area contributed by atoms with Gasteiger partial charge in [0.15, 0.2) is 0 Å². The molecule has 3 rings (SSSR count). The van der Waals surface area contributed by atoms with Crippen LogP contribution in [0.15, 0.2) is 24.3 Å². The third-order valence-electron chi connectivity index (χ3n) is 4.95. The summed E-state index contributed by atoms with van der Waals surface area (Å²) in [7, 11) is 0. The molecule has 0 aromatic heterocycles. The molecule has 0 spiro atoms. The minimum Gasteiger partial charge on any atom is -0.311 e. The summed E-state index contributed by atoms with van der Waals surface area (Å²) in [6, 6.07) is 7.82. The van der Waals surface area contributed by atoms with Crippen LogP contribution in [0, 0.1) is 5.92 Å². The van der Waals surface area contributed by atoms with E-state index in [4.69, 9.17) is 11.6 Å². The number of rotatable bonds is 4. The molecule has 1 aliphatic carbocycles. The monoisotopic (exact) mass is 364 g/mol. The van der Waals surface area contributed by atoms with E-state index >= 15 is 0 Å². The van der Waals surface area contributed by atoms with Crippen LogP contribution in [0.2, 0.25) is 5.02 Å². The second-order valence-electron chi connectivity index (χ2n) is 6.64. The highest BCUT2D eigenvalue weighted by atomic mass is 35.5. The van der Waals surface area contributed by atoms with Gasteiger partial charge in [-0.2, -0.15) is 0 Å². The van der Waals surface area contributed by atoms with Crippen LogP contribution >= 0.6 is 24.0 Å². The Hall–Kier alpha value is -0.420. The highest BCUT2D eigenvalue weighted by Crippen LogP contribution is 2.57. The number of hydrogen-bond donors (Lipinski definition) is 1. The van der Waals surface area contributed by atoms with Crippen molar-refractivity contribution in [3.8, 4) is 0 Å². The van der Waals surface area contributed by atoms with Crippen molar-refractivity contribution in [3.63, 3.8) is 0 Å². The summed E-state index contributed by atoms with van der Waals surface area (Å²) in [5, 5.41) is 4.10. The Morgan fingerprint density at radius 3 is 2.48 bits per heavy atom. The molecule has 0 unspecified atom stereocenters. The fourth-order valence-electron chi connectivity index (χ4n) is 3.60. The highest BCUT2D eigenvalue weighted by Gasteiger charge is 2.62. The predicted molar refractivity (Wildman–Crippen MR) is 92.7 cm³/mol. The minimum atomic E-state index is -2.53. The number of halogens is 4. The number of hydrogen-bond acceptors (Lipinski definition) is 2. The van der Waals surface area contributed by atoms with E-state index < -0.39 is 11.8 Å². The molecule has 0 amide bonds. The van der Waals surface area contributed by atoms with Gasteiger partial charge in [-0.3, -0.25) is 4.90 Å². The molecule has 1 N–H and O–H groups in total. The molecule has 0 bridgehead atoms. The first kappa shape index (κ1) is 18.9.